The average Bonchev–Trinajstić information content (AvgIpc) is 3.76. The topological polar surface area (TPSA) is 117 Å². The maximum Gasteiger partial charge on any atom is 0.417 e. The Kier molecular flexibility index (Phi) is 11.3. The number of ether oxygens (including phenoxy) is 2. The lowest BCUT2D eigenvalue weighted by molar-refractivity contribution is -0.139. The number of piperidine rings is 1. The number of nitrogens with zero attached hydrogens (tertiary/aromatic N) is 2. The Morgan fingerprint density at radius 1 is 1.20 bits per heavy atom. The molecule has 13 heteroatoms. The monoisotopic (exact) mass is 626 g/mol. The molecule has 2 N–H and O–H groups in total. The molecule has 2 aliphatic heterocycles. The molecule has 3 aliphatic rings. The molecular weight excluding hydrogens is 581 g/mol. The van der Waals surface area contributed by atoms with Gasteiger partial charge in [0.05, 0.1) is 16.8 Å². The highest BCUT2D eigenvalue weighted by Gasteiger charge is 2.45. The summed E-state index contributed by atoms with van der Waals surface area (Å²) in [6.45, 7) is 12.5. The van der Waals surface area contributed by atoms with Crippen LogP contribution in [-0.2, 0) is 25.3 Å². The van der Waals surface area contributed by atoms with Gasteiger partial charge >= 0.3 is 6.18 Å². The number of anilines is 1. The number of nitrogens with one attached hydrogen (secondary N) is 2. The molecule has 2 heterocycles. The van der Waals surface area contributed by atoms with E-state index in [9.17, 15) is 32.3 Å². The van der Waals surface area contributed by atoms with Crippen LogP contribution in [0.3, 0.4) is 0 Å². The summed E-state index contributed by atoms with van der Waals surface area (Å²) in [5.41, 5.74) is -3.20. The number of halogens is 3. The van der Waals surface area contributed by atoms with E-state index in [1.54, 1.807) is 11.8 Å². The second kappa shape index (κ2) is 14.2. The summed E-state index contributed by atoms with van der Waals surface area (Å²) in [6.07, 6.45) is -1.07. The first-order valence-corrected chi connectivity index (χ1v) is 15.1. The zero-order valence-electron chi connectivity index (χ0n) is 26.4. The smallest absolute Gasteiger partial charge is 0.417 e. The summed E-state index contributed by atoms with van der Waals surface area (Å²) in [5.74, 6) is -1.19. The summed E-state index contributed by atoms with van der Waals surface area (Å²) in [4.78, 5) is 51.2. The highest BCUT2D eigenvalue weighted by molar-refractivity contribution is 6.05. The molecule has 4 rings (SSSR count). The van der Waals surface area contributed by atoms with Crippen LogP contribution in [-0.4, -0.2) is 79.1 Å². The minimum absolute atomic E-state index is 0.0295. The predicted molar refractivity (Wildman–Crippen MR) is 158 cm³/mol. The maximum absolute atomic E-state index is 14.3. The number of alkyl halides is 3. The van der Waals surface area contributed by atoms with Gasteiger partial charge in [-0.15, -0.1) is 0 Å². The molecule has 0 spiro atoms. The largest absolute Gasteiger partial charge is 0.476 e. The molecule has 1 unspecified atom stereocenters. The molecule has 0 radical (unpaired) electrons. The molecule has 3 amide bonds. The molecular formula is C31H45F3N4O6. The SMILES string of the molecule is CC(C)(C)OC=O.CCC(=O)NCCN1C(=O)C(C)(C)Oc2cc(C(F)(F)F)c(C(=O)N(CC3CC3)C3CCCNC3)cc21. The molecule has 1 aromatic rings. The number of carbonyl (C=O) groups excluding carboxylic acids is 4. The van der Waals surface area contributed by atoms with Crippen molar-refractivity contribution in [2.75, 3.05) is 37.6 Å². The van der Waals surface area contributed by atoms with E-state index >= 15 is 0 Å². The van der Waals surface area contributed by atoms with E-state index < -0.39 is 34.7 Å². The summed E-state index contributed by atoms with van der Waals surface area (Å²) in [7, 11) is 0. The lowest BCUT2D eigenvalue weighted by Gasteiger charge is -2.40. The van der Waals surface area contributed by atoms with Crippen LogP contribution < -0.4 is 20.3 Å². The second-order valence-electron chi connectivity index (χ2n) is 12.9. The van der Waals surface area contributed by atoms with Crippen molar-refractivity contribution < 1.29 is 41.8 Å². The van der Waals surface area contributed by atoms with Gasteiger partial charge in [-0.3, -0.25) is 19.2 Å². The van der Waals surface area contributed by atoms with Crippen LogP contribution in [0.5, 0.6) is 5.75 Å². The Morgan fingerprint density at radius 2 is 1.89 bits per heavy atom. The highest BCUT2D eigenvalue weighted by atomic mass is 19.4. The number of hydrogen-bond donors (Lipinski definition) is 2. The highest BCUT2D eigenvalue weighted by Crippen LogP contribution is 2.44. The van der Waals surface area contributed by atoms with E-state index in [0.717, 1.165) is 44.4 Å². The van der Waals surface area contributed by atoms with Gasteiger partial charge < -0.3 is 29.9 Å². The zero-order valence-corrected chi connectivity index (χ0v) is 26.4. The second-order valence-corrected chi connectivity index (χ2v) is 12.9. The van der Waals surface area contributed by atoms with Gasteiger partial charge in [-0.05, 0) is 84.9 Å². The molecule has 0 bridgehead atoms. The number of hydrogen-bond acceptors (Lipinski definition) is 7. The molecule has 2 fully saturated rings. The molecule has 1 aliphatic carbocycles. The van der Waals surface area contributed by atoms with E-state index in [2.05, 4.69) is 15.4 Å². The lowest BCUT2D eigenvalue weighted by Crippen LogP contribution is -2.54. The van der Waals surface area contributed by atoms with Crippen molar-refractivity contribution in [3.63, 3.8) is 0 Å². The van der Waals surface area contributed by atoms with Gasteiger partial charge in [0.2, 0.25) is 5.91 Å². The molecule has 44 heavy (non-hydrogen) atoms. The summed E-state index contributed by atoms with van der Waals surface area (Å²) in [5, 5.41) is 5.93. The Hall–Kier alpha value is -3.35. The van der Waals surface area contributed by atoms with E-state index in [0.29, 0.717) is 25.5 Å². The van der Waals surface area contributed by atoms with E-state index in [-0.39, 0.29) is 48.5 Å². The van der Waals surface area contributed by atoms with Crippen molar-refractivity contribution in [3.8, 4) is 5.75 Å². The van der Waals surface area contributed by atoms with Gasteiger partial charge in [0.15, 0.2) is 5.60 Å². The van der Waals surface area contributed by atoms with Crippen LogP contribution in [0, 0.1) is 5.92 Å². The van der Waals surface area contributed by atoms with Crippen LogP contribution in [0.15, 0.2) is 12.1 Å². The standard InChI is InChI=1S/C26H35F3N4O4.C5H10O2/c1-4-22(34)31-10-11-32-20-12-18(19(26(27,28)29)13-21(20)37-25(2,3)24(32)36)23(35)33(15-16-7-8-16)17-6-5-9-30-14-17;1-5(2,3)7-4-6/h12-13,16-17,30H,4-11,14-15H2,1-3H3,(H,31,34);4H,1-3H3. The van der Waals surface area contributed by atoms with Crippen LogP contribution >= 0.6 is 0 Å². The van der Waals surface area contributed by atoms with E-state index in [1.807, 2.05) is 20.8 Å². The van der Waals surface area contributed by atoms with Gasteiger partial charge in [0.1, 0.15) is 11.4 Å². The minimum atomic E-state index is -4.80. The van der Waals surface area contributed by atoms with Gasteiger partial charge in [-0.2, -0.15) is 13.2 Å². The number of rotatable bonds is 9. The lowest BCUT2D eigenvalue weighted by atomic mass is 9.97. The fourth-order valence-electron chi connectivity index (χ4n) is 5.05. The van der Waals surface area contributed by atoms with Crippen LogP contribution in [0.25, 0.3) is 0 Å². The Balaban J connectivity index is 0.000000676. The first-order chi connectivity index (χ1) is 20.5. The molecule has 1 atom stereocenters. The number of benzene rings is 1. The first kappa shape index (κ1) is 35.1. The van der Waals surface area contributed by atoms with E-state index in [1.165, 1.54) is 18.7 Å². The number of amides is 3. The molecule has 1 saturated carbocycles. The fraction of sp³-hybridized carbons (Fsp3) is 0.677. The van der Waals surface area contributed by atoms with Crippen molar-refractivity contribution >= 4 is 29.9 Å². The molecule has 1 aromatic carbocycles. The summed E-state index contributed by atoms with van der Waals surface area (Å²) >= 11 is 0. The third-order valence-corrected chi connectivity index (χ3v) is 7.56. The molecule has 0 aromatic heterocycles. The third-order valence-electron chi connectivity index (χ3n) is 7.56. The Labute approximate surface area is 257 Å². The van der Waals surface area contributed by atoms with Crippen LogP contribution in [0.1, 0.15) is 89.6 Å². The summed E-state index contributed by atoms with van der Waals surface area (Å²) < 4.78 is 53.1. The quantitative estimate of drug-likeness (QED) is 0.393. The fourth-order valence-corrected chi connectivity index (χ4v) is 5.05. The van der Waals surface area contributed by atoms with Gasteiger partial charge in [-0.1, -0.05) is 6.92 Å². The Morgan fingerprint density at radius 3 is 2.39 bits per heavy atom. The maximum atomic E-state index is 14.3. The van der Waals surface area contributed by atoms with Gasteiger partial charge in [0, 0.05) is 38.6 Å². The van der Waals surface area contributed by atoms with Crippen molar-refractivity contribution in [2.24, 2.45) is 5.92 Å². The van der Waals surface area contributed by atoms with Crippen LogP contribution in [0.4, 0.5) is 18.9 Å². The number of fused-ring (bicyclic) bond motifs is 1. The van der Waals surface area contributed by atoms with Crippen molar-refractivity contribution in [3.05, 3.63) is 23.3 Å². The summed E-state index contributed by atoms with van der Waals surface area (Å²) in [6, 6.07) is 1.78. The van der Waals surface area contributed by atoms with Crippen molar-refractivity contribution in [1.82, 2.24) is 15.5 Å². The van der Waals surface area contributed by atoms with Gasteiger partial charge in [-0.25, -0.2) is 0 Å². The molecule has 1 saturated heterocycles. The van der Waals surface area contributed by atoms with E-state index in [4.69, 9.17) is 4.74 Å². The number of carbonyl (C=O) groups is 4. The predicted octanol–water partition coefficient (Wildman–Crippen LogP) is 4.30. The minimum Gasteiger partial charge on any atom is -0.476 e. The molecule has 10 nitrogen and oxygen atoms in total. The van der Waals surface area contributed by atoms with Gasteiger partial charge in [0.25, 0.3) is 18.3 Å². The van der Waals surface area contributed by atoms with Crippen molar-refractivity contribution in [1.29, 1.82) is 0 Å². The van der Waals surface area contributed by atoms with Crippen LogP contribution in [0.2, 0.25) is 0 Å². The zero-order chi connectivity index (χ0) is 32.9. The van der Waals surface area contributed by atoms with Crippen molar-refractivity contribution in [2.45, 2.75) is 97.1 Å². The normalized spacial score (nSPS) is 19.5. The third kappa shape index (κ3) is 9.33. The average molecular weight is 627 g/mol. The first-order valence-electron chi connectivity index (χ1n) is 15.1. The Bertz CT molecular complexity index is 1200. The molecule has 246 valence electrons.